The summed E-state index contributed by atoms with van der Waals surface area (Å²) >= 11 is 1.36. The van der Waals surface area contributed by atoms with Crippen LogP contribution in [0.25, 0.3) is 20.9 Å². The lowest BCUT2D eigenvalue weighted by atomic mass is 10.1. The number of fused-ring (bicyclic) bond motifs is 2. The predicted molar refractivity (Wildman–Crippen MR) is 104 cm³/mol. The number of benzene rings is 2. The predicted octanol–water partition coefficient (Wildman–Crippen LogP) is 2.52. The SMILES string of the molecule is Cc1c(C(=O)NNC(=O)c2n[nH]c(=O)c3ccccc23)sc2ccccc12. The molecule has 0 aliphatic rings. The molecule has 0 radical (unpaired) electrons. The average molecular weight is 378 g/mol. The van der Waals surface area contributed by atoms with E-state index in [0.717, 1.165) is 15.6 Å². The average Bonchev–Trinajstić information content (AvgIpc) is 3.03. The Labute approximate surface area is 157 Å². The van der Waals surface area contributed by atoms with E-state index in [1.807, 2.05) is 31.2 Å². The zero-order chi connectivity index (χ0) is 19.0. The van der Waals surface area contributed by atoms with E-state index in [-0.39, 0.29) is 11.3 Å². The van der Waals surface area contributed by atoms with Crippen LogP contribution < -0.4 is 16.4 Å². The van der Waals surface area contributed by atoms with E-state index < -0.39 is 11.8 Å². The van der Waals surface area contributed by atoms with Gasteiger partial charge in [-0.25, -0.2) is 5.10 Å². The number of rotatable bonds is 2. The molecule has 2 aromatic heterocycles. The quantitative estimate of drug-likeness (QED) is 0.466. The minimum Gasteiger partial charge on any atom is -0.267 e. The molecule has 2 aromatic carbocycles. The number of aromatic amines is 1. The van der Waals surface area contributed by atoms with Gasteiger partial charge in [0.25, 0.3) is 17.4 Å². The van der Waals surface area contributed by atoms with Gasteiger partial charge in [0.2, 0.25) is 0 Å². The highest BCUT2D eigenvalue weighted by Gasteiger charge is 2.18. The molecule has 4 rings (SSSR count). The largest absolute Gasteiger partial charge is 0.290 e. The first-order chi connectivity index (χ1) is 13.1. The zero-order valence-corrected chi connectivity index (χ0v) is 15.0. The van der Waals surface area contributed by atoms with Crippen LogP contribution in [0, 0.1) is 6.92 Å². The number of carbonyl (C=O) groups is 2. The first-order valence-corrected chi connectivity index (χ1v) is 8.94. The minimum absolute atomic E-state index is 0.0264. The van der Waals surface area contributed by atoms with Crippen LogP contribution in [0.4, 0.5) is 0 Å². The van der Waals surface area contributed by atoms with Crippen molar-refractivity contribution in [3.8, 4) is 0 Å². The molecule has 134 valence electrons. The van der Waals surface area contributed by atoms with Crippen LogP contribution in [0.15, 0.2) is 53.3 Å². The molecular weight excluding hydrogens is 364 g/mol. The van der Waals surface area contributed by atoms with E-state index >= 15 is 0 Å². The van der Waals surface area contributed by atoms with Crippen LogP contribution >= 0.6 is 11.3 Å². The third-order valence-corrected chi connectivity index (χ3v) is 5.52. The summed E-state index contributed by atoms with van der Waals surface area (Å²) in [6.07, 6.45) is 0. The second-order valence-corrected chi connectivity index (χ2v) is 6.96. The van der Waals surface area contributed by atoms with E-state index in [9.17, 15) is 14.4 Å². The molecule has 0 fully saturated rings. The Hall–Kier alpha value is -3.52. The number of hydrogen-bond donors (Lipinski definition) is 3. The molecule has 0 spiro atoms. The third kappa shape index (κ3) is 2.96. The van der Waals surface area contributed by atoms with Gasteiger partial charge in [0.15, 0.2) is 5.69 Å². The smallest absolute Gasteiger partial charge is 0.267 e. The Bertz CT molecular complexity index is 1260. The maximum absolute atomic E-state index is 12.5. The number of nitrogens with one attached hydrogen (secondary N) is 3. The van der Waals surface area contributed by atoms with Gasteiger partial charge in [-0.3, -0.25) is 25.2 Å². The van der Waals surface area contributed by atoms with E-state index in [1.54, 1.807) is 24.3 Å². The summed E-state index contributed by atoms with van der Waals surface area (Å²) in [5, 5.41) is 7.87. The highest BCUT2D eigenvalue weighted by atomic mass is 32.1. The van der Waals surface area contributed by atoms with Crippen molar-refractivity contribution in [2.75, 3.05) is 0 Å². The van der Waals surface area contributed by atoms with Crippen molar-refractivity contribution < 1.29 is 9.59 Å². The van der Waals surface area contributed by atoms with Gasteiger partial charge in [-0.1, -0.05) is 36.4 Å². The van der Waals surface area contributed by atoms with Crippen molar-refractivity contribution in [2.24, 2.45) is 0 Å². The van der Waals surface area contributed by atoms with Gasteiger partial charge in [0.1, 0.15) is 0 Å². The van der Waals surface area contributed by atoms with Crippen molar-refractivity contribution in [1.82, 2.24) is 21.0 Å². The number of thiophene rings is 1. The molecule has 0 aliphatic carbocycles. The van der Waals surface area contributed by atoms with Gasteiger partial charge in [0.05, 0.1) is 10.3 Å². The number of carbonyl (C=O) groups excluding carboxylic acids is 2. The molecule has 4 aromatic rings. The molecule has 0 bridgehead atoms. The molecule has 2 heterocycles. The van der Waals surface area contributed by atoms with Gasteiger partial charge in [-0.15, -0.1) is 11.3 Å². The van der Waals surface area contributed by atoms with Crippen LogP contribution in [0.3, 0.4) is 0 Å². The van der Waals surface area contributed by atoms with Crippen LogP contribution in [0.5, 0.6) is 0 Å². The lowest BCUT2D eigenvalue weighted by Crippen LogP contribution is -2.42. The Morgan fingerprint density at radius 2 is 1.56 bits per heavy atom. The summed E-state index contributed by atoms with van der Waals surface area (Å²) in [7, 11) is 0. The summed E-state index contributed by atoms with van der Waals surface area (Å²) in [6.45, 7) is 1.87. The highest BCUT2D eigenvalue weighted by Crippen LogP contribution is 2.30. The van der Waals surface area contributed by atoms with Crippen molar-refractivity contribution in [2.45, 2.75) is 6.92 Å². The maximum Gasteiger partial charge on any atom is 0.290 e. The molecule has 7 nitrogen and oxygen atoms in total. The van der Waals surface area contributed by atoms with Crippen LogP contribution in [-0.2, 0) is 0 Å². The summed E-state index contributed by atoms with van der Waals surface area (Å²) < 4.78 is 1.000. The Balaban J connectivity index is 1.57. The highest BCUT2D eigenvalue weighted by molar-refractivity contribution is 7.21. The maximum atomic E-state index is 12.5. The van der Waals surface area contributed by atoms with Crippen LogP contribution in [0.1, 0.15) is 25.7 Å². The van der Waals surface area contributed by atoms with Gasteiger partial charge in [0, 0.05) is 10.1 Å². The zero-order valence-electron chi connectivity index (χ0n) is 14.2. The fraction of sp³-hybridized carbons (Fsp3) is 0.0526. The Morgan fingerprint density at radius 3 is 2.30 bits per heavy atom. The van der Waals surface area contributed by atoms with Crippen molar-refractivity contribution in [3.63, 3.8) is 0 Å². The lowest BCUT2D eigenvalue weighted by Gasteiger charge is -2.08. The summed E-state index contributed by atoms with van der Waals surface area (Å²) in [6, 6.07) is 14.4. The molecule has 0 atom stereocenters. The number of nitrogens with zero attached hydrogens (tertiary/aromatic N) is 1. The van der Waals surface area contributed by atoms with Gasteiger partial charge in [-0.2, -0.15) is 5.10 Å². The van der Waals surface area contributed by atoms with Crippen LogP contribution in [-0.4, -0.2) is 22.0 Å². The number of amides is 2. The number of aryl methyl sites for hydroxylation is 1. The fourth-order valence-corrected chi connectivity index (χ4v) is 4.01. The molecule has 27 heavy (non-hydrogen) atoms. The third-order valence-electron chi connectivity index (χ3n) is 4.25. The molecule has 0 aliphatic heterocycles. The van der Waals surface area contributed by atoms with Gasteiger partial charge in [-0.05, 0) is 30.0 Å². The molecule has 8 heteroatoms. The van der Waals surface area contributed by atoms with Crippen molar-refractivity contribution >= 4 is 44.0 Å². The first kappa shape index (κ1) is 16.9. The van der Waals surface area contributed by atoms with Crippen molar-refractivity contribution in [3.05, 3.63) is 75.0 Å². The van der Waals surface area contributed by atoms with Crippen molar-refractivity contribution in [1.29, 1.82) is 0 Å². The topological polar surface area (TPSA) is 104 Å². The van der Waals surface area contributed by atoms with E-state index in [1.165, 1.54) is 11.3 Å². The Morgan fingerprint density at radius 1 is 0.926 bits per heavy atom. The van der Waals surface area contributed by atoms with Gasteiger partial charge < -0.3 is 0 Å². The monoisotopic (exact) mass is 378 g/mol. The standard InChI is InChI=1S/C19H14N4O3S/c1-10-11-6-4-5-9-14(11)27-16(10)19(26)23-22-18(25)15-12-7-2-3-8-13(12)17(24)21-20-15/h2-9H,1H3,(H,21,24)(H,22,25)(H,23,26). The van der Waals surface area contributed by atoms with E-state index in [2.05, 4.69) is 21.0 Å². The molecule has 3 N–H and O–H groups in total. The summed E-state index contributed by atoms with van der Waals surface area (Å²) in [4.78, 5) is 37.3. The number of H-pyrrole nitrogens is 1. The molecular formula is C19H14N4O3S. The number of aromatic nitrogens is 2. The van der Waals surface area contributed by atoms with Crippen LogP contribution in [0.2, 0.25) is 0 Å². The molecule has 0 saturated carbocycles. The summed E-state index contributed by atoms with van der Waals surface area (Å²) in [5.41, 5.74) is 5.28. The fourth-order valence-electron chi connectivity index (χ4n) is 2.91. The molecule has 2 amide bonds. The second-order valence-electron chi connectivity index (χ2n) is 5.91. The van der Waals surface area contributed by atoms with E-state index in [0.29, 0.717) is 15.6 Å². The normalized spacial score (nSPS) is 10.9. The molecule has 0 unspecified atom stereocenters. The molecule has 0 saturated heterocycles. The Kier molecular flexibility index (Phi) is 4.17. The van der Waals surface area contributed by atoms with Gasteiger partial charge >= 0.3 is 0 Å². The summed E-state index contributed by atoms with van der Waals surface area (Å²) in [5.74, 6) is -1.02. The minimum atomic E-state index is -0.616. The number of hydrazine groups is 1. The van der Waals surface area contributed by atoms with E-state index in [4.69, 9.17) is 0 Å². The lowest BCUT2D eigenvalue weighted by molar-refractivity contribution is 0.0846. The second kappa shape index (κ2) is 6.65. The first-order valence-electron chi connectivity index (χ1n) is 8.12. The number of hydrogen-bond acceptors (Lipinski definition) is 5.